The van der Waals surface area contributed by atoms with Gasteiger partial charge in [0, 0.05) is 24.5 Å². The number of hydrogen-bond donors (Lipinski definition) is 1. The fraction of sp³-hybridized carbons (Fsp3) is 0.348. The minimum atomic E-state index is -0.450. The molecule has 1 aliphatic rings. The van der Waals surface area contributed by atoms with Crippen LogP contribution in [-0.2, 0) is 16.0 Å². The van der Waals surface area contributed by atoms with Gasteiger partial charge in [0.1, 0.15) is 6.04 Å². The molecule has 152 valence electrons. The largest absolute Gasteiger partial charge is 0.351 e. The summed E-state index contributed by atoms with van der Waals surface area (Å²) in [5.74, 6) is -0.236. The molecule has 0 aliphatic carbocycles. The van der Waals surface area contributed by atoms with Crippen LogP contribution in [0.4, 0.5) is 0 Å². The second-order valence-electron chi connectivity index (χ2n) is 7.07. The van der Waals surface area contributed by atoms with E-state index in [1.165, 1.54) is 0 Å². The first kappa shape index (κ1) is 22.4. The molecule has 0 spiro atoms. The van der Waals surface area contributed by atoms with Crippen LogP contribution < -0.4 is 5.32 Å². The third-order valence-corrected chi connectivity index (χ3v) is 5.00. The first-order valence-electron chi connectivity index (χ1n) is 9.63. The van der Waals surface area contributed by atoms with Crippen LogP contribution in [0.15, 0.2) is 59.7 Å². The zero-order chi connectivity index (χ0) is 21.2. The molecular formula is C23H26ClN3O2. The van der Waals surface area contributed by atoms with Gasteiger partial charge in [0.2, 0.25) is 11.8 Å². The van der Waals surface area contributed by atoms with Crippen molar-refractivity contribution in [2.24, 2.45) is 0 Å². The van der Waals surface area contributed by atoms with E-state index >= 15 is 0 Å². The van der Waals surface area contributed by atoms with Gasteiger partial charge in [-0.3, -0.25) is 9.59 Å². The molecule has 0 saturated carbocycles. The Morgan fingerprint density at radius 3 is 2.93 bits per heavy atom. The first-order valence-corrected chi connectivity index (χ1v) is 10.0. The van der Waals surface area contributed by atoms with E-state index in [2.05, 4.69) is 18.0 Å². The molecule has 1 atom stereocenters. The third-order valence-electron chi connectivity index (χ3n) is 4.72. The predicted molar refractivity (Wildman–Crippen MR) is 115 cm³/mol. The van der Waals surface area contributed by atoms with Gasteiger partial charge in [0.25, 0.3) is 0 Å². The van der Waals surface area contributed by atoms with Crippen molar-refractivity contribution in [1.29, 1.82) is 5.26 Å². The summed E-state index contributed by atoms with van der Waals surface area (Å²) < 4.78 is 0. The van der Waals surface area contributed by atoms with Gasteiger partial charge in [-0.2, -0.15) is 5.26 Å². The van der Waals surface area contributed by atoms with Crippen molar-refractivity contribution >= 4 is 23.4 Å². The standard InChI is InChI=1S/C23H26ClN3O2/c1-3-6-20(24)11-10-17(2)16-26-23(29)21-9-5-12-27(21)22(28)14-18-7-4-8-19(13-18)15-25/h3-4,7-8,10-11,13,21H,1,5-6,9,12,14,16H2,2H3,(H,26,29)/b17-10+,20-11+/t21-/m0/s1. The molecule has 0 unspecified atom stereocenters. The number of nitriles is 1. The van der Waals surface area contributed by atoms with Crippen LogP contribution in [0, 0.1) is 11.3 Å². The van der Waals surface area contributed by atoms with Crippen LogP contribution in [0.1, 0.15) is 37.3 Å². The lowest BCUT2D eigenvalue weighted by atomic mass is 10.1. The minimum Gasteiger partial charge on any atom is -0.351 e. The molecule has 1 aliphatic heterocycles. The third kappa shape index (κ3) is 6.92. The van der Waals surface area contributed by atoms with Crippen molar-refractivity contribution in [3.8, 4) is 6.07 Å². The van der Waals surface area contributed by atoms with Gasteiger partial charge in [0.15, 0.2) is 0 Å². The van der Waals surface area contributed by atoms with E-state index in [4.69, 9.17) is 16.9 Å². The van der Waals surface area contributed by atoms with Crippen molar-refractivity contribution in [1.82, 2.24) is 10.2 Å². The highest BCUT2D eigenvalue weighted by molar-refractivity contribution is 6.29. The number of nitrogens with one attached hydrogen (secondary N) is 1. The van der Waals surface area contributed by atoms with Gasteiger partial charge >= 0.3 is 0 Å². The normalized spacial score (nSPS) is 17.0. The van der Waals surface area contributed by atoms with E-state index in [1.807, 2.05) is 19.1 Å². The molecule has 1 saturated heterocycles. The maximum atomic E-state index is 12.7. The van der Waals surface area contributed by atoms with Crippen LogP contribution in [-0.4, -0.2) is 35.8 Å². The van der Waals surface area contributed by atoms with E-state index in [1.54, 1.807) is 35.3 Å². The Morgan fingerprint density at radius 2 is 2.21 bits per heavy atom. The average molecular weight is 412 g/mol. The van der Waals surface area contributed by atoms with Crippen molar-refractivity contribution in [3.63, 3.8) is 0 Å². The van der Waals surface area contributed by atoms with E-state index in [-0.39, 0.29) is 18.2 Å². The van der Waals surface area contributed by atoms with Crippen molar-refractivity contribution in [2.45, 2.75) is 38.6 Å². The number of carbonyl (C=O) groups excluding carboxylic acids is 2. The molecule has 29 heavy (non-hydrogen) atoms. The molecule has 1 aromatic carbocycles. The summed E-state index contributed by atoms with van der Waals surface area (Å²) in [5, 5.41) is 12.6. The zero-order valence-corrected chi connectivity index (χ0v) is 17.4. The smallest absolute Gasteiger partial charge is 0.243 e. The second-order valence-corrected chi connectivity index (χ2v) is 7.56. The van der Waals surface area contributed by atoms with E-state index < -0.39 is 6.04 Å². The van der Waals surface area contributed by atoms with Gasteiger partial charge in [0.05, 0.1) is 18.1 Å². The number of benzene rings is 1. The molecule has 1 fully saturated rings. The Morgan fingerprint density at radius 1 is 1.41 bits per heavy atom. The maximum Gasteiger partial charge on any atom is 0.243 e. The molecule has 0 bridgehead atoms. The summed E-state index contributed by atoms with van der Waals surface area (Å²) >= 11 is 6.03. The summed E-state index contributed by atoms with van der Waals surface area (Å²) in [6.45, 7) is 6.52. The lowest BCUT2D eigenvalue weighted by molar-refractivity contribution is -0.137. The summed E-state index contributed by atoms with van der Waals surface area (Å²) in [5.41, 5.74) is 2.27. The topological polar surface area (TPSA) is 73.2 Å². The van der Waals surface area contributed by atoms with Gasteiger partial charge in [-0.05, 0) is 43.5 Å². The Balaban J connectivity index is 1.93. The summed E-state index contributed by atoms with van der Waals surface area (Å²) in [7, 11) is 0. The number of halogens is 1. The zero-order valence-electron chi connectivity index (χ0n) is 16.7. The number of amides is 2. The number of rotatable bonds is 8. The molecule has 1 aromatic rings. The summed E-state index contributed by atoms with van der Waals surface area (Å²) in [6.07, 6.45) is 7.64. The molecule has 6 heteroatoms. The Kier molecular flexibility index (Phi) is 8.69. The highest BCUT2D eigenvalue weighted by Gasteiger charge is 2.33. The van der Waals surface area contributed by atoms with Gasteiger partial charge in [-0.25, -0.2) is 0 Å². The number of carbonyl (C=O) groups is 2. The monoisotopic (exact) mass is 411 g/mol. The fourth-order valence-electron chi connectivity index (χ4n) is 3.21. The van der Waals surface area contributed by atoms with E-state index in [0.29, 0.717) is 36.5 Å². The Hall–Kier alpha value is -2.84. The van der Waals surface area contributed by atoms with Crippen LogP contribution in [0.3, 0.4) is 0 Å². The minimum absolute atomic E-state index is 0.0934. The van der Waals surface area contributed by atoms with Gasteiger partial charge in [-0.1, -0.05) is 41.5 Å². The van der Waals surface area contributed by atoms with Crippen LogP contribution >= 0.6 is 11.6 Å². The van der Waals surface area contributed by atoms with Crippen LogP contribution in [0.25, 0.3) is 0 Å². The van der Waals surface area contributed by atoms with E-state index in [9.17, 15) is 9.59 Å². The van der Waals surface area contributed by atoms with Crippen molar-refractivity contribution in [2.75, 3.05) is 13.1 Å². The molecule has 1 N–H and O–H groups in total. The molecular weight excluding hydrogens is 386 g/mol. The number of hydrogen-bond acceptors (Lipinski definition) is 3. The first-order chi connectivity index (χ1) is 13.9. The summed E-state index contributed by atoms with van der Waals surface area (Å²) in [6, 6.07) is 8.63. The predicted octanol–water partition coefficient (Wildman–Crippen LogP) is 3.85. The van der Waals surface area contributed by atoms with E-state index in [0.717, 1.165) is 17.6 Å². The van der Waals surface area contributed by atoms with Crippen molar-refractivity contribution in [3.05, 3.63) is 70.8 Å². The molecule has 0 radical (unpaired) electrons. The Labute approximate surface area is 177 Å². The SMILES string of the molecule is C=CC/C(Cl)=C\C=C(/C)CNC(=O)[C@@H]1CCCN1C(=O)Cc1cccc(C#N)c1. The lowest BCUT2D eigenvalue weighted by Crippen LogP contribution is -2.46. The molecule has 2 amide bonds. The Bertz CT molecular complexity index is 867. The second kappa shape index (κ2) is 11.2. The van der Waals surface area contributed by atoms with Gasteiger partial charge < -0.3 is 10.2 Å². The molecule has 5 nitrogen and oxygen atoms in total. The highest BCUT2D eigenvalue weighted by Crippen LogP contribution is 2.19. The fourth-order valence-corrected chi connectivity index (χ4v) is 3.38. The van der Waals surface area contributed by atoms with Crippen LogP contribution in [0.2, 0.25) is 0 Å². The lowest BCUT2D eigenvalue weighted by Gasteiger charge is -2.24. The quantitative estimate of drug-likeness (QED) is 0.521. The maximum absolute atomic E-state index is 12.7. The van der Waals surface area contributed by atoms with Gasteiger partial charge in [-0.15, -0.1) is 6.58 Å². The summed E-state index contributed by atoms with van der Waals surface area (Å²) in [4.78, 5) is 27.0. The molecule has 1 heterocycles. The average Bonchev–Trinajstić information content (AvgIpc) is 3.21. The number of allylic oxidation sites excluding steroid dienone is 4. The number of likely N-dealkylation sites (tertiary alicyclic amines) is 1. The number of nitrogens with zero attached hydrogens (tertiary/aromatic N) is 2. The van der Waals surface area contributed by atoms with Crippen LogP contribution in [0.5, 0.6) is 0 Å². The molecule has 0 aromatic heterocycles. The molecule has 2 rings (SSSR count). The highest BCUT2D eigenvalue weighted by atomic mass is 35.5. The van der Waals surface area contributed by atoms with Crippen molar-refractivity contribution < 1.29 is 9.59 Å².